The maximum absolute atomic E-state index is 5.75. The first-order valence-electron chi connectivity index (χ1n) is 4.09. The van der Waals surface area contributed by atoms with E-state index in [0.29, 0.717) is 10.8 Å². The average Bonchev–Trinajstić information content (AvgIpc) is 2.30. The van der Waals surface area contributed by atoms with Crippen LogP contribution in [-0.2, 0) is 0 Å². The fourth-order valence-corrected chi connectivity index (χ4v) is 1.13. The average molecular weight is 223 g/mol. The first-order chi connectivity index (χ1) is 7.29. The van der Waals surface area contributed by atoms with Crippen LogP contribution in [0.3, 0.4) is 0 Å². The van der Waals surface area contributed by atoms with Crippen molar-refractivity contribution in [3.63, 3.8) is 0 Å². The van der Waals surface area contributed by atoms with E-state index in [4.69, 9.17) is 17.4 Å². The Kier molecular flexibility index (Phi) is 2.70. The SMILES string of the molecule is NNc1nnc(-c2ccc(Cl)cc2)nn1. The van der Waals surface area contributed by atoms with Gasteiger partial charge in [-0.25, -0.2) is 5.84 Å². The van der Waals surface area contributed by atoms with Gasteiger partial charge in [0.15, 0.2) is 0 Å². The number of aromatic nitrogens is 4. The van der Waals surface area contributed by atoms with Gasteiger partial charge in [-0.2, -0.15) is 0 Å². The second-order valence-electron chi connectivity index (χ2n) is 2.70. The molecule has 2 aromatic rings. The molecule has 7 heteroatoms. The monoisotopic (exact) mass is 222 g/mol. The molecule has 0 saturated heterocycles. The van der Waals surface area contributed by atoms with Crippen LogP contribution in [0.5, 0.6) is 0 Å². The normalized spacial score (nSPS) is 10.0. The molecule has 3 N–H and O–H groups in total. The third kappa shape index (κ3) is 2.17. The minimum Gasteiger partial charge on any atom is -0.290 e. The van der Waals surface area contributed by atoms with Gasteiger partial charge in [-0.05, 0) is 24.3 Å². The Morgan fingerprint density at radius 1 is 1.00 bits per heavy atom. The Bertz CT molecular complexity index is 440. The Hall–Kier alpha value is -1.79. The van der Waals surface area contributed by atoms with Crippen molar-refractivity contribution in [2.24, 2.45) is 5.84 Å². The summed E-state index contributed by atoms with van der Waals surface area (Å²) in [5.41, 5.74) is 3.04. The lowest BCUT2D eigenvalue weighted by Gasteiger charge is -1.99. The van der Waals surface area contributed by atoms with Gasteiger partial charge in [0.05, 0.1) is 0 Å². The Morgan fingerprint density at radius 2 is 1.60 bits per heavy atom. The molecule has 6 nitrogen and oxygen atoms in total. The van der Waals surface area contributed by atoms with E-state index in [-0.39, 0.29) is 5.95 Å². The topological polar surface area (TPSA) is 89.6 Å². The van der Waals surface area contributed by atoms with Crippen LogP contribution in [0.1, 0.15) is 0 Å². The fraction of sp³-hybridized carbons (Fsp3) is 0. The number of benzene rings is 1. The van der Waals surface area contributed by atoms with Gasteiger partial charge in [0.25, 0.3) is 5.95 Å². The fourth-order valence-electron chi connectivity index (χ4n) is 1.00. The maximum Gasteiger partial charge on any atom is 0.276 e. The zero-order chi connectivity index (χ0) is 10.7. The quantitative estimate of drug-likeness (QED) is 0.579. The van der Waals surface area contributed by atoms with Gasteiger partial charge in [-0.3, -0.25) is 5.43 Å². The highest BCUT2D eigenvalue weighted by Gasteiger charge is 2.02. The van der Waals surface area contributed by atoms with Crippen molar-refractivity contribution >= 4 is 17.5 Å². The van der Waals surface area contributed by atoms with Crippen molar-refractivity contribution in [3.05, 3.63) is 29.3 Å². The van der Waals surface area contributed by atoms with Crippen LogP contribution in [0.4, 0.5) is 5.95 Å². The number of nitrogens with zero attached hydrogens (tertiary/aromatic N) is 4. The van der Waals surface area contributed by atoms with Crippen molar-refractivity contribution in [1.82, 2.24) is 20.4 Å². The van der Waals surface area contributed by atoms with E-state index >= 15 is 0 Å². The molecule has 0 amide bonds. The summed E-state index contributed by atoms with van der Waals surface area (Å²) in [7, 11) is 0. The molecule has 0 spiro atoms. The van der Waals surface area contributed by atoms with E-state index < -0.39 is 0 Å². The first-order valence-corrected chi connectivity index (χ1v) is 4.47. The van der Waals surface area contributed by atoms with Crippen LogP contribution >= 0.6 is 11.6 Å². The van der Waals surface area contributed by atoms with Crippen molar-refractivity contribution < 1.29 is 0 Å². The highest BCUT2D eigenvalue weighted by molar-refractivity contribution is 6.30. The standard InChI is InChI=1S/C8H7ClN6/c9-6-3-1-5(2-4-6)7-12-14-8(11-10)15-13-7/h1-4H,10H2,(H,11,14,15). The molecule has 0 atom stereocenters. The summed E-state index contributed by atoms with van der Waals surface area (Å²) in [5, 5.41) is 15.7. The lowest BCUT2D eigenvalue weighted by molar-refractivity contribution is 0.866. The van der Waals surface area contributed by atoms with Crippen LogP contribution in [0.15, 0.2) is 24.3 Å². The number of rotatable bonds is 2. The molecule has 76 valence electrons. The lowest BCUT2D eigenvalue weighted by Crippen LogP contribution is -2.12. The summed E-state index contributed by atoms with van der Waals surface area (Å²) in [5.74, 6) is 5.68. The lowest BCUT2D eigenvalue weighted by atomic mass is 10.2. The minimum absolute atomic E-state index is 0.174. The number of nitrogens with two attached hydrogens (primary N) is 1. The van der Waals surface area contributed by atoms with E-state index in [9.17, 15) is 0 Å². The van der Waals surface area contributed by atoms with Gasteiger partial charge >= 0.3 is 0 Å². The molecule has 15 heavy (non-hydrogen) atoms. The molecular formula is C8H7ClN6. The van der Waals surface area contributed by atoms with Gasteiger partial charge in [0.2, 0.25) is 5.82 Å². The summed E-state index contributed by atoms with van der Waals surface area (Å²) in [6, 6.07) is 7.07. The molecule has 0 aliphatic carbocycles. The number of hydrogen-bond acceptors (Lipinski definition) is 6. The van der Waals surface area contributed by atoms with E-state index in [1.165, 1.54) is 0 Å². The molecular weight excluding hydrogens is 216 g/mol. The van der Waals surface area contributed by atoms with Crippen molar-refractivity contribution in [2.75, 3.05) is 5.43 Å². The molecule has 0 aliphatic heterocycles. The molecule has 2 rings (SSSR count). The van der Waals surface area contributed by atoms with Crippen LogP contribution in [-0.4, -0.2) is 20.4 Å². The van der Waals surface area contributed by atoms with Crippen LogP contribution in [0.2, 0.25) is 5.02 Å². The first kappa shape index (κ1) is 9.75. The highest BCUT2D eigenvalue weighted by atomic mass is 35.5. The Labute approximate surface area is 90.5 Å². The predicted molar refractivity (Wildman–Crippen MR) is 55.9 cm³/mol. The van der Waals surface area contributed by atoms with E-state index in [2.05, 4.69) is 25.8 Å². The third-order valence-electron chi connectivity index (χ3n) is 1.71. The van der Waals surface area contributed by atoms with Crippen molar-refractivity contribution in [2.45, 2.75) is 0 Å². The minimum atomic E-state index is 0.174. The van der Waals surface area contributed by atoms with Gasteiger partial charge in [-0.1, -0.05) is 11.6 Å². The van der Waals surface area contributed by atoms with E-state index in [1.54, 1.807) is 24.3 Å². The maximum atomic E-state index is 5.75. The number of nitrogen functional groups attached to an aromatic ring is 1. The van der Waals surface area contributed by atoms with Gasteiger partial charge in [0.1, 0.15) is 0 Å². The Balaban J connectivity index is 2.33. The largest absolute Gasteiger partial charge is 0.290 e. The van der Waals surface area contributed by atoms with E-state index in [0.717, 1.165) is 5.56 Å². The smallest absolute Gasteiger partial charge is 0.276 e. The summed E-state index contributed by atoms with van der Waals surface area (Å²) >= 11 is 5.75. The van der Waals surface area contributed by atoms with E-state index in [1.807, 2.05) is 0 Å². The number of hydrogen-bond donors (Lipinski definition) is 2. The van der Waals surface area contributed by atoms with Crippen molar-refractivity contribution in [3.8, 4) is 11.4 Å². The molecule has 0 bridgehead atoms. The van der Waals surface area contributed by atoms with Crippen LogP contribution < -0.4 is 11.3 Å². The molecule has 0 saturated carbocycles. The van der Waals surface area contributed by atoms with Gasteiger partial charge in [-0.15, -0.1) is 20.4 Å². The van der Waals surface area contributed by atoms with Crippen LogP contribution in [0.25, 0.3) is 11.4 Å². The summed E-state index contributed by atoms with van der Waals surface area (Å²) in [6.45, 7) is 0. The molecule has 0 unspecified atom stereocenters. The molecule has 1 heterocycles. The van der Waals surface area contributed by atoms with Crippen LogP contribution in [0, 0.1) is 0 Å². The van der Waals surface area contributed by atoms with Gasteiger partial charge < -0.3 is 0 Å². The molecule has 1 aromatic heterocycles. The Morgan fingerprint density at radius 3 is 2.13 bits per heavy atom. The summed E-state index contributed by atoms with van der Waals surface area (Å²) in [6.07, 6.45) is 0. The summed E-state index contributed by atoms with van der Waals surface area (Å²) in [4.78, 5) is 0. The summed E-state index contributed by atoms with van der Waals surface area (Å²) < 4.78 is 0. The van der Waals surface area contributed by atoms with Gasteiger partial charge in [0, 0.05) is 10.6 Å². The molecule has 0 radical (unpaired) electrons. The van der Waals surface area contributed by atoms with Crippen molar-refractivity contribution in [1.29, 1.82) is 0 Å². The predicted octanol–water partition coefficient (Wildman–Crippen LogP) is 0.873. The number of hydrazine groups is 1. The molecule has 0 fully saturated rings. The zero-order valence-corrected chi connectivity index (χ0v) is 8.31. The second-order valence-corrected chi connectivity index (χ2v) is 3.13. The zero-order valence-electron chi connectivity index (χ0n) is 7.55. The highest BCUT2D eigenvalue weighted by Crippen LogP contribution is 2.16. The second kappa shape index (κ2) is 4.16. The third-order valence-corrected chi connectivity index (χ3v) is 1.96. The molecule has 1 aromatic carbocycles. The molecule has 0 aliphatic rings. The number of nitrogens with one attached hydrogen (secondary N) is 1. The number of halogens is 1. The number of anilines is 1.